The van der Waals surface area contributed by atoms with Gasteiger partial charge in [-0.3, -0.25) is 4.79 Å². The molecule has 1 aliphatic heterocycles. The van der Waals surface area contributed by atoms with E-state index in [0.29, 0.717) is 5.69 Å². The maximum Gasteiger partial charge on any atom is 0.270 e. The van der Waals surface area contributed by atoms with E-state index in [0.717, 1.165) is 25.1 Å². The summed E-state index contributed by atoms with van der Waals surface area (Å²) in [7, 11) is 1.82. The van der Waals surface area contributed by atoms with E-state index in [1.165, 1.54) is 0 Å². The minimum atomic E-state index is -0.152. The van der Waals surface area contributed by atoms with Crippen molar-refractivity contribution in [2.75, 3.05) is 19.0 Å². The number of pyridine rings is 1. The largest absolute Gasteiger partial charge is 0.387 e. The Hall–Kier alpha value is -1.62. The first kappa shape index (κ1) is 12.8. The van der Waals surface area contributed by atoms with E-state index >= 15 is 0 Å². The Morgan fingerprint density at radius 3 is 2.94 bits per heavy atom. The lowest BCUT2D eigenvalue weighted by molar-refractivity contribution is 0.0709. The zero-order valence-corrected chi connectivity index (χ0v) is 10.8. The lowest BCUT2D eigenvalue weighted by Gasteiger charge is -2.19. The molecule has 5 heteroatoms. The van der Waals surface area contributed by atoms with Gasteiger partial charge in [0.05, 0.1) is 24.0 Å². The van der Waals surface area contributed by atoms with Crippen molar-refractivity contribution in [3.63, 3.8) is 0 Å². The summed E-state index contributed by atoms with van der Waals surface area (Å²) in [6, 6.07) is 3.56. The molecule has 1 aromatic rings. The van der Waals surface area contributed by atoms with E-state index in [4.69, 9.17) is 4.74 Å². The van der Waals surface area contributed by atoms with Crippen LogP contribution in [0.4, 0.5) is 5.69 Å². The minimum Gasteiger partial charge on any atom is -0.387 e. The summed E-state index contributed by atoms with van der Waals surface area (Å²) in [6.45, 7) is 2.76. The summed E-state index contributed by atoms with van der Waals surface area (Å²) >= 11 is 0. The van der Waals surface area contributed by atoms with Gasteiger partial charge < -0.3 is 15.4 Å². The van der Waals surface area contributed by atoms with Crippen LogP contribution in [0.25, 0.3) is 0 Å². The maximum atomic E-state index is 12.0. The van der Waals surface area contributed by atoms with Crippen LogP contribution in [0.3, 0.4) is 0 Å². The van der Waals surface area contributed by atoms with Gasteiger partial charge in [-0.25, -0.2) is 4.98 Å². The van der Waals surface area contributed by atoms with Gasteiger partial charge in [-0.1, -0.05) is 0 Å². The molecule has 98 valence electrons. The van der Waals surface area contributed by atoms with Gasteiger partial charge in [0.25, 0.3) is 5.91 Å². The molecule has 1 aliphatic rings. The van der Waals surface area contributed by atoms with Gasteiger partial charge in [0, 0.05) is 13.7 Å². The van der Waals surface area contributed by atoms with E-state index in [-0.39, 0.29) is 18.1 Å². The van der Waals surface area contributed by atoms with Gasteiger partial charge in [0.1, 0.15) is 5.69 Å². The summed E-state index contributed by atoms with van der Waals surface area (Å²) in [5.74, 6) is -0.152. The fraction of sp³-hybridized carbons (Fsp3) is 0.538. The standard InChI is InChI=1S/C13H19N3O2/c1-9(12-4-3-7-18-12)16-13(17)11-6-5-10(14-2)8-15-11/h5-6,8-9,12,14H,3-4,7H2,1-2H3,(H,16,17). The first-order valence-corrected chi connectivity index (χ1v) is 6.27. The van der Waals surface area contributed by atoms with Gasteiger partial charge in [0.2, 0.25) is 0 Å². The third-order valence-electron chi connectivity index (χ3n) is 3.17. The second-order valence-corrected chi connectivity index (χ2v) is 4.50. The van der Waals surface area contributed by atoms with Gasteiger partial charge in [-0.2, -0.15) is 0 Å². The van der Waals surface area contributed by atoms with Gasteiger partial charge in [-0.05, 0) is 31.9 Å². The Morgan fingerprint density at radius 1 is 1.56 bits per heavy atom. The molecule has 1 amide bonds. The maximum absolute atomic E-state index is 12.0. The highest BCUT2D eigenvalue weighted by Crippen LogP contribution is 2.15. The van der Waals surface area contributed by atoms with Crippen molar-refractivity contribution in [3.8, 4) is 0 Å². The molecular formula is C13H19N3O2. The van der Waals surface area contributed by atoms with Crippen molar-refractivity contribution in [3.05, 3.63) is 24.0 Å². The first-order chi connectivity index (χ1) is 8.70. The van der Waals surface area contributed by atoms with Gasteiger partial charge >= 0.3 is 0 Å². The lowest BCUT2D eigenvalue weighted by Crippen LogP contribution is -2.41. The number of nitrogens with one attached hydrogen (secondary N) is 2. The van der Waals surface area contributed by atoms with Crippen molar-refractivity contribution < 1.29 is 9.53 Å². The molecule has 0 spiro atoms. The normalized spacial score (nSPS) is 20.4. The molecular weight excluding hydrogens is 230 g/mol. The average Bonchev–Trinajstić information content (AvgIpc) is 2.92. The summed E-state index contributed by atoms with van der Waals surface area (Å²) < 4.78 is 5.54. The molecule has 2 N–H and O–H groups in total. The lowest BCUT2D eigenvalue weighted by atomic mass is 10.1. The molecule has 0 aliphatic carbocycles. The number of amides is 1. The van der Waals surface area contributed by atoms with E-state index in [9.17, 15) is 4.79 Å². The zero-order chi connectivity index (χ0) is 13.0. The summed E-state index contributed by atoms with van der Waals surface area (Å²) in [5, 5.41) is 5.89. The highest BCUT2D eigenvalue weighted by molar-refractivity contribution is 5.92. The zero-order valence-electron chi connectivity index (χ0n) is 10.8. The van der Waals surface area contributed by atoms with Crippen LogP contribution < -0.4 is 10.6 Å². The molecule has 1 saturated heterocycles. The molecule has 2 unspecified atom stereocenters. The summed E-state index contributed by atoms with van der Waals surface area (Å²) in [6.07, 6.45) is 3.85. The third kappa shape index (κ3) is 2.98. The number of ether oxygens (including phenoxy) is 1. The number of rotatable bonds is 4. The van der Waals surface area contributed by atoms with Crippen LogP contribution in [0, 0.1) is 0 Å². The van der Waals surface area contributed by atoms with Crippen molar-refractivity contribution in [1.82, 2.24) is 10.3 Å². The second kappa shape index (κ2) is 5.82. The molecule has 0 aromatic carbocycles. The SMILES string of the molecule is CNc1ccc(C(=O)NC(C)C2CCCO2)nc1. The minimum absolute atomic E-state index is 0.0192. The van der Waals surface area contributed by atoms with Crippen LogP contribution in [-0.2, 0) is 4.74 Å². The van der Waals surface area contributed by atoms with Gasteiger partial charge in [-0.15, -0.1) is 0 Å². The quantitative estimate of drug-likeness (QED) is 0.847. The molecule has 0 bridgehead atoms. The summed E-state index contributed by atoms with van der Waals surface area (Å²) in [4.78, 5) is 16.1. The predicted octanol–water partition coefficient (Wildman–Crippen LogP) is 1.42. The van der Waals surface area contributed by atoms with Crippen molar-refractivity contribution >= 4 is 11.6 Å². The van der Waals surface area contributed by atoms with E-state index in [1.807, 2.05) is 20.0 Å². The number of hydrogen-bond acceptors (Lipinski definition) is 4. The highest BCUT2D eigenvalue weighted by atomic mass is 16.5. The van der Waals surface area contributed by atoms with Crippen LogP contribution in [0.2, 0.25) is 0 Å². The number of carbonyl (C=O) groups excluding carboxylic acids is 1. The monoisotopic (exact) mass is 249 g/mol. The topological polar surface area (TPSA) is 63.2 Å². The van der Waals surface area contributed by atoms with Crippen LogP contribution in [-0.4, -0.2) is 36.7 Å². The number of aromatic nitrogens is 1. The number of anilines is 1. The molecule has 0 radical (unpaired) electrons. The molecule has 2 rings (SSSR count). The molecule has 2 atom stereocenters. The molecule has 0 saturated carbocycles. The van der Waals surface area contributed by atoms with Gasteiger partial charge in [0.15, 0.2) is 0 Å². The molecule has 1 fully saturated rings. The molecule has 2 heterocycles. The van der Waals surface area contributed by atoms with E-state index in [1.54, 1.807) is 12.3 Å². The Labute approximate surface area is 107 Å². The number of carbonyl (C=O) groups is 1. The van der Waals surface area contributed by atoms with Crippen LogP contribution in [0.1, 0.15) is 30.3 Å². The highest BCUT2D eigenvalue weighted by Gasteiger charge is 2.24. The smallest absolute Gasteiger partial charge is 0.270 e. The number of hydrogen-bond donors (Lipinski definition) is 2. The molecule has 18 heavy (non-hydrogen) atoms. The second-order valence-electron chi connectivity index (χ2n) is 4.50. The van der Waals surface area contributed by atoms with Crippen LogP contribution in [0.15, 0.2) is 18.3 Å². The average molecular weight is 249 g/mol. The Morgan fingerprint density at radius 2 is 2.39 bits per heavy atom. The number of nitrogens with zero attached hydrogens (tertiary/aromatic N) is 1. The van der Waals surface area contributed by atoms with Crippen molar-refractivity contribution in [2.45, 2.75) is 31.9 Å². The Kier molecular flexibility index (Phi) is 4.15. The third-order valence-corrected chi connectivity index (χ3v) is 3.17. The van der Waals surface area contributed by atoms with Crippen molar-refractivity contribution in [2.24, 2.45) is 0 Å². The fourth-order valence-electron chi connectivity index (χ4n) is 2.05. The van der Waals surface area contributed by atoms with Crippen LogP contribution in [0.5, 0.6) is 0 Å². The van der Waals surface area contributed by atoms with E-state index in [2.05, 4.69) is 15.6 Å². The first-order valence-electron chi connectivity index (χ1n) is 6.27. The molecule has 5 nitrogen and oxygen atoms in total. The fourth-order valence-corrected chi connectivity index (χ4v) is 2.05. The summed E-state index contributed by atoms with van der Waals surface area (Å²) in [5.41, 5.74) is 1.32. The van der Waals surface area contributed by atoms with E-state index < -0.39 is 0 Å². The Balaban J connectivity index is 1.93. The van der Waals surface area contributed by atoms with Crippen molar-refractivity contribution in [1.29, 1.82) is 0 Å². The Bertz CT molecular complexity index is 399. The predicted molar refractivity (Wildman–Crippen MR) is 69.7 cm³/mol. The molecule has 1 aromatic heterocycles. The van der Waals surface area contributed by atoms with Crippen LogP contribution >= 0.6 is 0 Å².